The van der Waals surface area contributed by atoms with Crippen LogP contribution in [0.5, 0.6) is 0 Å². The van der Waals surface area contributed by atoms with Gasteiger partial charge in [0.25, 0.3) is 0 Å². The molecule has 2 aromatic heterocycles. The summed E-state index contributed by atoms with van der Waals surface area (Å²) in [6.45, 7) is 1.80. The molecule has 0 unspecified atom stereocenters. The second-order valence-corrected chi connectivity index (χ2v) is 3.86. The number of aromatic carboxylic acids is 1. The summed E-state index contributed by atoms with van der Waals surface area (Å²) in [5.41, 5.74) is 1.78. The number of rotatable bonds is 2. The molecule has 0 radical (unpaired) electrons. The van der Waals surface area contributed by atoms with Crippen LogP contribution in [0.25, 0.3) is 11.5 Å². The van der Waals surface area contributed by atoms with Crippen LogP contribution in [0.4, 0.5) is 0 Å². The number of hydrogen-bond donors (Lipinski definition) is 1. The standard InChI is InChI=1S/C12H10N4O2/c1-7-3-9(14-5-8(7)4-13)11-15-10(12(17)18)6-16(11)2/h3,5-6H,1-2H3,(H,17,18). The first kappa shape index (κ1) is 11.8. The maximum absolute atomic E-state index is 10.8. The summed E-state index contributed by atoms with van der Waals surface area (Å²) >= 11 is 0. The summed E-state index contributed by atoms with van der Waals surface area (Å²) in [6, 6.07) is 3.74. The number of nitriles is 1. The molecule has 0 fully saturated rings. The summed E-state index contributed by atoms with van der Waals surface area (Å²) in [5, 5.41) is 17.7. The Morgan fingerprint density at radius 1 is 1.56 bits per heavy atom. The van der Waals surface area contributed by atoms with E-state index < -0.39 is 5.97 Å². The molecule has 0 aliphatic carbocycles. The van der Waals surface area contributed by atoms with Gasteiger partial charge in [0.15, 0.2) is 11.5 Å². The van der Waals surface area contributed by atoms with E-state index >= 15 is 0 Å². The van der Waals surface area contributed by atoms with Gasteiger partial charge in [0.2, 0.25) is 0 Å². The van der Waals surface area contributed by atoms with E-state index in [0.29, 0.717) is 17.1 Å². The summed E-state index contributed by atoms with van der Waals surface area (Å²) in [6.07, 6.45) is 2.88. The molecular formula is C12H10N4O2. The van der Waals surface area contributed by atoms with E-state index in [9.17, 15) is 4.79 Å². The molecule has 0 aliphatic rings. The molecule has 2 heterocycles. The fourth-order valence-corrected chi connectivity index (χ4v) is 1.60. The Morgan fingerprint density at radius 2 is 2.28 bits per heavy atom. The van der Waals surface area contributed by atoms with Crippen LogP contribution >= 0.6 is 0 Å². The van der Waals surface area contributed by atoms with Crippen molar-refractivity contribution in [3.8, 4) is 17.6 Å². The molecule has 2 rings (SSSR count). The SMILES string of the molecule is Cc1cc(-c2nc(C(=O)O)cn2C)ncc1C#N. The van der Waals surface area contributed by atoms with E-state index in [1.165, 1.54) is 12.4 Å². The van der Waals surface area contributed by atoms with Crippen LogP contribution in [0.1, 0.15) is 21.6 Å². The molecule has 0 atom stereocenters. The van der Waals surface area contributed by atoms with Gasteiger partial charge in [0.05, 0.1) is 5.56 Å². The first-order valence-electron chi connectivity index (χ1n) is 5.16. The largest absolute Gasteiger partial charge is 0.476 e. The molecule has 18 heavy (non-hydrogen) atoms. The lowest BCUT2D eigenvalue weighted by Crippen LogP contribution is -1.96. The van der Waals surface area contributed by atoms with Gasteiger partial charge >= 0.3 is 5.97 Å². The fraction of sp³-hybridized carbons (Fsp3) is 0.167. The molecule has 0 amide bonds. The van der Waals surface area contributed by atoms with Gasteiger partial charge in [-0.2, -0.15) is 5.26 Å². The minimum absolute atomic E-state index is 0.0312. The summed E-state index contributed by atoms with van der Waals surface area (Å²) < 4.78 is 1.59. The van der Waals surface area contributed by atoms with Gasteiger partial charge in [-0.25, -0.2) is 9.78 Å². The van der Waals surface area contributed by atoms with Gasteiger partial charge in [-0.1, -0.05) is 0 Å². The average Bonchev–Trinajstić information content (AvgIpc) is 2.71. The molecule has 6 heteroatoms. The molecule has 0 saturated heterocycles. The smallest absolute Gasteiger partial charge is 0.356 e. The zero-order valence-corrected chi connectivity index (χ0v) is 9.88. The van der Waals surface area contributed by atoms with Crippen molar-refractivity contribution in [1.29, 1.82) is 5.26 Å². The highest BCUT2D eigenvalue weighted by molar-refractivity contribution is 5.85. The van der Waals surface area contributed by atoms with Crippen LogP contribution in [0, 0.1) is 18.3 Å². The summed E-state index contributed by atoms with van der Waals surface area (Å²) in [4.78, 5) is 18.9. The fourth-order valence-electron chi connectivity index (χ4n) is 1.60. The Balaban J connectivity index is 2.53. The molecular weight excluding hydrogens is 232 g/mol. The van der Waals surface area contributed by atoms with Crippen LogP contribution in [0.2, 0.25) is 0 Å². The Morgan fingerprint density at radius 3 is 2.78 bits per heavy atom. The van der Waals surface area contributed by atoms with E-state index in [2.05, 4.69) is 9.97 Å². The molecule has 6 nitrogen and oxygen atoms in total. The van der Waals surface area contributed by atoms with Crippen molar-refractivity contribution in [2.45, 2.75) is 6.92 Å². The van der Waals surface area contributed by atoms with Crippen molar-refractivity contribution in [2.24, 2.45) is 7.05 Å². The van der Waals surface area contributed by atoms with E-state index in [-0.39, 0.29) is 5.69 Å². The lowest BCUT2D eigenvalue weighted by molar-refractivity contribution is 0.0691. The van der Waals surface area contributed by atoms with E-state index in [4.69, 9.17) is 10.4 Å². The van der Waals surface area contributed by atoms with Gasteiger partial charge in [0.1, 0.15) is 11.8 Å². The highest BCUT2D eigenvalue weighted by atomic mass is 16.4. The lowest BCUT2D eigenvalue weighted by atomic mass is 10.1. The van der Waals surface area contributed by atoms with Gasteiger partial charge < -0.3 is 9.67 Å². The van der Waals surface area contributed by atoms with Gasteiger partial charge in [0, 0.05) is 19.4 Å². The third-order valence-corrected chi connectivity index (χ3v) is 2.56. The number of aryl methyl sites for hydroxylation is 2. The molecule has 0 saturated carbocycles. The number of aromatic nitrogens is 3. The van der Waals surface area contributed by atoms with E-state index in [1.54, 1.807) is 24.6 Å². The highest BCUT2D eigenvalue weighted by Crippen LogP contribution is 2.18. The van der Waals surface area contributed by atoms with Crippen LogP contribution in [0.3, 0.4) is 0 Å². The van der Waals surface area contributed by atoms with Crippen molar-refractivity contribution < 1.29 is 9.90 Å². The van der Waals surface area contributed by atoms with Gasteiger partial charge in [-0.3, -0.25) is 4.98 Å². The number of carboxylic acid groups (broad SMARTS) is 1. The van der Waals surface area contributed by atoms with E-state index in [1.807, 2.05) is 6.07 Å². The maximum Gasteiger partial charge on any atom is 0.356 e. The second-order valence-electron chi connectivity index (χ2n) is 3.86. The second kappa shape index (κ2) is 4.30. The van der Waals surface area contributed by atoms with Gasteiger partial charge in [-0.15, -0.1) is 0 Å². The zero-order chi connectivity index (χ0) is 13.3. The monoisotopic (exact) mass is 242 g/mol. The first-order chi connectivity index (χ1) is 8.52. The molecule has 1 N–H and O–H groups in total. The van der Waals surface area contributed by atoms with Crippen LogP contribution in [0.15, 0.2) is 18.5 Å². The van der Waals surface area contributed by atoms with Crippen LogP contribution in [-0.4, -0.2) is 25.6 Å². The Kier molecular flexibility index (Phi) is 2.81. The molecule has 0 aromatic carbocycles. The number of carboxylic acids is 1. The minimum atomic E-state index is -1.08. The van der Waals surface area contributed by atoms with Crippen LogP contribution in [-0.2, 0) is 7.05 Å². The topological polar surface area (TPSA) is 91.8 Å². The van der Waals surface area contributed by atoms with Gasteiger partial charge in [-0.05, 0) is 18.6 Å². The maximum atomic E-state index is 10.8. The van der Waals surface area contributed by atoms with Crippen molar-refractivity contribution in [3.05, 3.63) is 35.3 Å². The third-order valence-electron chi connectivity index (χ3n) is 2.56. The zero-order valence-electron chi connectivity index (χ0n) is 9.88. The number of carbonyl (C=O) groups is 1. The van der Waals surface area contributed by atoms with Crippen molar-refractivity contribution in [1.82, 2.24) is 14.5 Å². The van der Waals surface area contributed by atoms with Crippen molar-refractivity contribution in [3.63, 3.8) is 0 Å². The normalized spacial score (nSPS) is 10.1. The minimum Gasteiger partial charge on any atom is -0.476 e. The number of imidazole rings is 1. The molecule has 0 bridgehead atoms. The first-order valence-corrected chi connectivity index (χ1v) is 5.16. The predicted octanol–water partition coefficient (Wildman–Crippen LogP) is 1.36. The van der Waals surface area contributed by atoms with Crippen LogP contribution < -0.4 is 0 Å². The quantitative estimate of drug-likeness (QED) is 0.858. The predicted molar refractivity (Wildman–Crippen MR) is 62.9 cm³/mol. The number of hydrogen-bond acceptors (Lipinski definition) is 4. The molecule has 0 spiro atoms. The molecule has 0 aliphatic heterocycles. The summed E-state index contributed by atoms with van der Waals surface area (Å²) in [7, 11) is 1.70. The molecule has 2 aromatic rings. The number of nitrogens with zero attached hydrogens (tertiary/aromatic N) is 4. The lowest BCUT2D eigenvalue weighted by Gasteiger charge is -2.02. The average molecular weight is 242 g/mol. The van der Waals surface area contributed by atoms with E-state index in [0.717, 1.165) is 5.56 Å². The number of pyridine rings is 1. The molecule has 90 valence electrons. The highest BCUT2D eigenvalue weighted by Gasteiger charge is 2.14. The summed E-state index contributed by atoms with van der Waals surface area (Å²) in [5.74, 6) is -0.623. The Hall–Kier alpha value is -2.68. The Bertz CT molecular complexity index is 667. The van der Waals surface area contributed by atoms with Crippen molar-refractivity contribution >= 4 is 5.97 Å². The van der Waals surface area contributed by atoms with Crippen molar-refractivity contribution in [2.75, 3.05) is 0 Å². The third kappa shape index (κ3) is 1.94. The Labute approximate surface area is 103 Å².